The predicted molar refractivity (Wildman–Crippen MR) is 237 cm³/mol. The fourth-order valence-corrected chi connectivity index (χ4v) is 9.89. The first-order valence-corrected chi connectivity index (χ1v) is 22.0. The number of aromatic nitrogens is 2. The Bertz CT molecular complexity index is 2820. The lowest BCUT2D eigenvalue weighted by molar-refractivity contribution is -0.136. The zero-order valence-corrected chi connectivity index (χ0v) is 35.5. The average molecular weight is 886 g/mol. The van der Waals surface area contributed by atoms with Crippen molar-refractivity contribution in [2.75, 3.05) is 73.6 Å². The first-order valence-electron chi connectivity index (χ1n) is 22.0. The summed E-state index contributed by atoms with van der Waals surface area (Å²) >= 11 is 0. The standard InChI is InChI=1S/C48H46F3N9O5/c49-31-13-16-58(27-31)41-10-8-39(50)44(38(41)25-52)65-35-6-9-40-37(24-35)47(64)60(29-53-40)33-3-1-32(2-4-33)57-21-19-55(20-22-57)28-48(51)14-17-56(18-15-48)34-5-7-36-30(23-34)26-59(46(36)63)42-11-12-43(61)54-45(42)62/h1-10,23-24,29,31,42H,11-22,26-28H2,(H,54,61,62)/t31-,42+/m1/s1. The number of alkyl halides is 2. The second kappa shape index (κ2) is 16.9. The molecule has 0 bridgehead atoms. The smallest absolute Gasteiger partial charge is 0.265 e. The van der Waals surface area contributed by atoms with Crippen LogP contribution in [0.25, 0.3) is 16.6 Å². The highest BCUT2D eigenvalue weighted by molar-refractivity contribution is 6.05. The van der Waals surface area contributed by atoms with Gasteiger partial charge in [-0.1, -0.05) is 0 Å². The van der Waals surface area contributed by atoms with Gasteiger partial charge in [0.2, 0.25) is 11.8 Å². The summed E-state index contributed by atoms with van der Waals surface area (Å²) in [5.74, 6) is -1.89. The van der Waals surface area contributed by atoms with Gasteiger partial charge in [0.25, 0.3) is 11.5 Å². The van der Waals surface area contributed by atoms with E-state index in [9.17, 15) is 28.8 Å². The molecular weight excluding hydrogens is 840 g/mol. The number of imide groups is 1. The highest BCUT2D eigenvalue weighted by Crippen LogP contribution is 2.38. The molecule has 1 N–H and O–H groups in total. The monoisotopic (exact) mass is 885 g/mol. The molecule has 5 aliphatic heterocycles. The van der Waals surface area contributed by atoms with Gasteiger partial charge in [0.15, 0.2) is 11.6 Å². The van der Waals surface area contributed by atoms with Crippen LogP contribution in [0.1, 0.15) is 53.6 Å². The van der Waals surface area contributed by atoms with Crippen LogP contribution in [0.15, 0.2) is 83.9 Å². The molecule has 5 aliphatic rings. The van der Waals surface area contributed by atoms with Crippen LogP contribution in [-0.4, -0.2) is 114 Å². The normalized spacial score (nSPS) is 21.2. The molecule has 2 atom stereocenters. The molecule has 0 aliphatic carbocycles. The number of fused-ring (bicyclic) bond motifs is 2. The molecule has 17 heteroatoms. The van der Waals surface area contributed by atoms with Crippen molar-refractivity contribution in [3.63, 3.8) is 0 Å². The molecule has 0 saturated carbocycles. The van der Waals surface area contributed by atoms with Crippen molar-refractivity contribution in [1.29, 1.82) is 5.26 Å². The zero-order chi connectivity index (χ0) is 45.0. The van der Waals surface area contributed by atoms with E-state index in [1.165, 1.54) is 34.0 Å². The van der Waals surface area contributed by atoms with Crippen LogP contribution < -0.4 is 30.3 Å². The molecule has 14 nitrogen and oxygen atoms in total. The number of hydrogen-bond acceptors (Lipinski definition) is 11. The topological polar surface area (TPSA) is 147 Å². The molecule has 6 heterocycles. The van der Waals surface area contributed by atoms with Gasteiger partial charge in [-0.05, 0) is 91.2 Å². The Balaban J connectivity index is 0.742. The van der Waals surface area contributed by atoms with Crippen molar-refractivity contribution < 1.29 is 32.3 Å². The summed E-state index contributed by atoms with van der Waals surface area (Å²) in [6, 6.07) is 21.8. The summed E-state index contributed by atoms with van der Waals surface area (Å²) in [6.45, 7) is 5.01. The van der Waals surface area contributed by atoms with Crippen LogP contribution in [0.4, 0.5) is 30.2 Å². The average Bonchev–Trinajstić information content (AvgIpc) is 3.89. The minimum absolute atomic E-state index is 0.0504. The van der Waals surface area contributed by atoms with Gasteiger partial charge < -0.3 is 24.3 Å². The quantitative estimate of drug-likeness (QED) is 0.184. The van der Waals surface area contributed by atoms with Gasteiger partial charge >= 0.3 is 0 Å². The number of amides is 3. The molecule has 4 saturated heterocycles. The number of ether oxygens (including phenoxy) is 1. The van der Waals surface area contributed by atoms with Crippen molar-refractivity contribution in [3.8, 4) is 23.3 Å². The van der Waals surface area contributed by atoms with E-state index >= 15 is 8.78 Å². The molecule has 4 aromatic carbocycles. The number of nitrogens with zero attached hydrogens (tertiary/aromatic N) is 8. The van der Waals surface area contributed by atoms with Crippen LogP contribution in [0.3, 0.4) is 0 Å². The summed E-state index contributed by atoms with van der Waals surface area (Å²) in [5, 5.41) is 12.5. The van der Waals surface area contributed by atoms with Crippen LogP contribution in [0.2, 0.25) is 0 Å². The minimum atomic E-state index is -1.33. The van der Waals surface area contributed by atoms with Crippen molar-refractivity contribution in [3.05, 3.63) is 112 Å². The number of halogens is 3. The number of carbonyl (C=O) groups excluding carboxylic acids is 3. The molecule has 65 heavy (non-hydrogen) atoms. The number of benzene rings is 4. The van der Waals surface area contributed by atoms with Crippen LogP contribution >= 0.6 is 0 Å². The molecule has 0 radical (unpaired) electrons. The van der Waals surface area contributed by atoms with Gasteiger partial charge in [-0.15, -0.1) is 0 Å². The summed E-state index contributed by atoms with van der Waals surface area (Å²) in [6.07, 6.45) is 1.99. The van der Waals surface area contributed by atoms with E-state index in [4.69, 9.17) is 4.74 Å². The maximum atomic E-state index is 16.4. The molecule has 10 rings (SSSR count). The van der Waals surface area contributed by atoms with E-state index in [-0.39, 0.29) is 52.8 Å². The van der Waals surface area contributed by atoms with Crippen molar-refractivity contribution >= 4 is 45.7 Å². The largest absolute Gasteiger partial charge is 0.453 e. The number of nitriles is 1. The minimum Gasteiger partial charge on any atom is -0.453 e. The predicted octanol–water partition coefficient (Wildman–Crippen LogP) is 5.63. The number of nitrogens with one attached hydrogen (secondary N) is 1. The Kier molecular flexibility index (Phi) is 10.9. The van der Waals surface area contributed by atoms with Gasteiger partial charge in [-0.2, -0.15) is 5.26 Å². The SMILES string of the molecule is N#Cc1c(N2CC[C@@H](F)C2)ccc(F)c1Oc1ccc2ncn(-c3ccc(N4CCN(CC5(F)CCN(c6ccc7c(c6)CN([C@H]6CCC(=O)NC6=O)C7=O)CC5)CC4)cc3)c(=O)c2c1. The maximum absolute atomic E-state index is 16.4. The van der Waals surface area contributed by atoms with Gasteiger partial charge in [0.05, 0.1) is 22.3 Å². The van der Waals surface area contributed by atoms with E-state index in [0.717, 1.165) is 16.9 Å². The number of carbonyl (C=O) groups is 3. The number of anilines is 3. The van der Waals surface area contributed by atoms with E-state index in [1.807, 2.05) is 42.5 Å². The summed E-state index contributed by atoms with van der Waals surface area (Å²) in [7, 11) is 0. The third kappa shape index (κ3) is 8.11. The Morgan fingerprint density at radius 1 is 0.831 bits per heavy atom. The van der Waals surface area contributed by atoms with Crippen LogP contribution in [-0.2, 0) is 16.1 Å². The number of piperidine rings is 2. The molecule has 0 unspecified atom stereocenters. The number of rotatable bonds is 9. The van der Waals surface area contributed by atoms with E-state index in [1.54, 1.807) is 23.1 Å². The molecule has 4 fully saturated rings. The summed E-state index contributed by atoms with van der Waals surface area (Å²) in [4.78, 5) is 65.4. The second-order valence-corrected chi connectivity index (χ2v) is 17.6. The molecule has 3 amide bonds. The maximum Gasteiger partial charge on any atom is 0.265 e. The second-order valence-electron chi connectivity index (χ2n) is 17.6. The highest BCUT2D eigenvalue weighted by Gasteiger charge is 2.41. The van der Waals surface area contributed by atoms with E-state index in [0.29, 0.717) is 107 Å². The molecule has 1 aromatic heterocycles. The lowest BCUT2D eigenvalue weighted by atomic mass is 9.92. The van der Waals surface area contributed by atoms with E-state index in [2.05, 4.69) is 25.0 Å². The van der Waals surface area contributed by atoms with Crippen LogP contribution in [0.5, 0.6) is 11.5 Å². The van der Waals surface area contributed by atoms with Crippen LogP contribution in [0, 0.1) is 17.1 Å². The summed E-state index contributed by atoms with van der Waals surface area (Å²) < 4.78 is 52.8. The Labute approximate surface area is 372 Å². The van der Waals surface area contributed by atoms with Gasteiger partial charge in [0.1, 0.15) is 41.6 Å². The van der Waals surface area contributed by atoms with Gasteiger partial charge in [-0.25, -0.2) is 18.2 Å². The first kappa shape index (κ1) is 42.0. The molecule has 334 valence electrons. The molecule has 0 spiro atoms. The fourth-order valence-electron chi connectivity index (χ4n) is 9.89. The van der Waals surface area contributed by atoms with Crippen molar-refractivity contribution in [2.45, 2.75) is 56.5 Å². The molecular formula is C48H46F3N9O5. The van der Waals surface area contributed by atoms with Crippen molar-refractivity contribution in [2.24, 2.45) is 0 Å². The van der Waals surface area contributed by atoms with Gasteiger partial charge in [-0.3, -0.25) is 34.0 Å². The third-order valence-electron chi connectivity index (χ3n) is 13.5. The summed E-state index contributed by atoms with van der Waals surface area (Å²) in [5.41, 5.74) is 2.92. The Morgan fingerprint density at radius 2 is 1.57 bits per heavy atom. The lowest BCUT2D eigenvalue weighted by Gasteiger charge is -2.43. The van der Waals surface area contributed by atoms with Crippen molar-refractivity contribution in [1.82, 2.24) is 24.7 Å². The van der Waals surface area contributed by atoms with E-state index < -0.39 is 29.6 Å². The zero-order valence-electron chi connectivity index (χ0n) is 35.5. The lowest BCUT2D eigenvalue weighted by Crippen LogP contribution is -2.53. The Morgan fingerprint density at radius 3 is 2.29 bits per heavy atom. The fraction of sp³-hybridized carbons (Fsp3) is 0.375. The number of hydrogen-bond donors (Lipinski definition) is 1. The number of piperazine rings is 1. The third-order valence-corrected chi connectivity index (χ3v) is 13.5. The Hall–Kier alpha value is -6.93. The molecule has 5 aromatic rings. The van der Waals surface area contributed by atoms with Gasteiger partial charge in [0, 0.05) is 102 Å². The first-order chi connectivity index (χ1) is 31.4. The highest BCUT2D eigenvalue weighted by atomic mass is 19.1.